The molecule has 0 radical (unpaired) electrons. The molecule has 0 aliphatic rings. The summed E-state index contributed by atoms with van der Waals surface area (Å²) in [7, 11) is 0. The lowest BCUT2D eigenvalue weighted by Gasteiger charge is -2.05. The molecule has 2 rings (SSSR count). The summed E-state index contributed by atoms with van der Waals surface area (Å²) in [5.41, 5.74) is 3.74. The van der Waals surface area contributed by atoms with E-state index in [9.17, 15) is 4.79 Å². The minimum Gasteiger partial charge on any atom is -0.298 e. The molecule has 0 saturated carbocycles. The van der Waals surface area contributed by atoms with Crippen LogP contribution < -0.4 is 0 Å². The third kappa shape index (κ3) is 3.11. The van der Waals surface area contributed by atoms with E-state index in [-0.39, 0.29) is 0 Å². The van der Waals surface area contributed by atoms with Gasteiger partial charge < -0.3 is 0 Å². The van der Waals surface area contributed by atoms with Gasteiger partial charge in [0.05, 0.1) is 5.56 Å². The average Bonchev–Trinajstić information content (AvgIpc) is 2.82. The second-order valence-electron chi connectivity index (χ2n) is 5.20. The number of benzene rings is 1. The quantitative estimate of drug-likeness (QED) is 0.766. The molecule has 3 nitrogen and oxygen atoms in total. The van der Waals surface area contributed by atoms with E-state index in [1.165, 1.54) is 5.56 Å². The highest BCUT2D eigenvalue weighted by molar-refractivity contribution is 5.85. The Morgan fingerprint density at radius 3 is 2.47 bits per heavy atom. The first kappa shape index (κ1) is 13.5. The fraction of sp³-hybridized carbons (Fsp3) is 0.375. The number of carbonyl (C=O) groups excluding carboxylic acids is 1. The summed E-state index contributed by atoms with van der Waals surface area (Å²) in [6.07, 6.45) is 3.74. The van der Waals surface area contributed by atoms with Crippen molar-refractivity contribution >= 4 is 6.29 Å². The lowest BCUT2D eigenvalue weighted by molar-refractivity contribution is 0.112. The van der Waals surface area contributed by atoms with Crippen molar-refractivity contribution in [2.75, 3.05) is 0 Å². The fourth-order valence-corrected chi connectivity index (χ4v) is 2.18. The molecule has 0 unspecified atom stereocenters. The molecule has 100 valence electrons. The summed E-state index contributed by atoms with van der Waals surface area (Å²) >= 11 is 0. The summed E-state index contributed by atoms with van der Waals surface area (Å²) in [5.74, 6) is 0.649. The first-order chi connectivity index (χ1) is 9.13. The highest BCUT2D eigenvalue weighted by Crippen LogP contribution is 2.22. The molecule has 0 aliphatic heterocycles. The normalized spacial score (nSPS) is 10.9. The largest absolute Gasteiger partial charge is 0.298 e. The van der Waals surface area contributed by atoms with Crippen molar-refractivity contribution in [3.8, 4) is 11.3 Å². The second-order valence-corrected chi connectivity index (χ2v) is 5.20. The van der Waals surface area contributed by atoms with E-state index in [1.807, 2.05) is 19.1 Å². The van der Waals surface area contributed by atoms with E-state index in [4.69, 9.17) is 0 Å². The van der Waals surface area contributed by atoms with Gasteiger partial charge >= 0.3 is 0 Å². The first-order valence-electron chi connectivity index (χ1n) is 6.76. The van der Waals surface area contributed by atoms with Crippen molar-refractivity contribution in [1.29, 1.82) is 0 Å². The Kier molecular flexibility index (Phi) is 4.15. The van der Waals surface area contributed by atoms with E-state index >= 15 is 0 Å². The molecule has 19 heavy (non-hydrogen) atoms. The van der Waals surface area contributed by atoms with E-state index in [0.29, 0.717) is 11.5 Å². The van der Waals surface area contributed by atoms with Crippen LogP contribution >= 0.6 is 0 Å². The maximum absolute atomic E-state index is 11.1. The number of aryl methyl sites for hydroxylation is 1. The Morgan fingerprint density at radius 2 is 1.95 bits per heavy atom. The molecule has 0 bridgehead atoms. The van der Waals surface area contributed by atoms with Gasteiger partial charge in [-0.1, -0.05) is 38.1 Å². The summed E-state index contributed by atoms with van der Waals surface area (Å²) in [4.78, 5) is 11.1. The number of rotatable bonds is 5. The summed E-state index contributed by atoms with van der Waals surface area (Å²) in [6, 6.07) is 8.34. The van der Waals surface area contributed by atoms with Crippen LogP contribution in [-0.2, 0) is 13.0 Å². The Hall–Kier alpha value is -1.90. The van der Waals surface area contributed by atoms with E-state index in [1.54, 1.807) is 10.9 Å². The topological polar surface area (TPSA) is 34.9 Å². The van der Waals surface area contributed by atoms with Gasteiger partial charge in [0.1, 0.15) is 5.69 Å². The Morgan fingerprint density at radius 1 is 1.26 bits per heavy atom. The minimum atomic E-state index is 0.649. The maximum Gasteiger partial charge on any atom is 0.153 e. The van der Waals surface area contributed by atoms with Crippen LogP contribution in [0.3, 0.4) is 0 Å². The summed E-state index contributed by atoms with van der Waals surface area (Å²) in [5, 5.41) is 4.45. The lowest BCUT2D eigenvalue weighted by Crippen LogP contribution is -1.95. The van der Waals surface area contributed by atoms with Crippen LogP contribution in [0, 0.1) is 5.92 Å². The Labute approximate surface area is 114 Å². The first-order valence-corrected chi connectivity index (χ1v) is 6.76. The molecule has 0 N–H and O–H groups in total. The van der Waals surface area contributed by atoms with Crippen LogP contribution in [0.5, 0.6) is 0 Å². The van der Waals surface area contributed by atoms with Gasteiger partial charge in [0, 0.05) is 18.3 Å². The maximum atomic E-state index is 11.1. The van der Waals surface area contributed by atoms with Crippen molar-refractivity contribution in [2.24, 2.45) is 5.92 Å². The van der Waals surface area contributed by atoms with Crippen LogP contribution in [-0.4, -0.2) is 16.1 Å². The van der Waals surface area contributed by atoms with Gasteiger partial charge in [-0.15, -0.1) is 0 Å². The zero-order valence-electron chi connectivity index (χ0n) is 11.8. The Bertz CT molecular complexity index is 553. The van der Waals surface area contributed by atoms with E-state index < -0.39 is 0 Å². The predicted molar refractivity (Wildman–Crippen MR) is 77.3 cm³/mol. The van der Waals surface area contributed by atoms with Crippen molar-refractivity contribution in [3.63, 3.8) is 0 Å². The predicted octanol–water partition coefficient (Wildman–Crippen LogP) is 3.58. The van der Waals surface area contributed by atoms with Crippen molar-refractivity contribution < 1.29 is 4.79 Å². The lowest BCUT2D eigenvalue weighted by atomic mass is 10.0. The molecule has 1 aromatic heterocycles. The van der Waals surface area contributed by atoms with Gasteiger partial charge in [0.15, 0.2) is 6.29 Å². The van der Waals surface area contributed by atoms with E-state index in [2.05, 4.69) is 31.1 Å². The monoisotopic (exact) mass is 256 g/mol. The average molecular weight is 256 g/mol. The minimum absolute atomic E-state index is 0.649. The smallest absolute Gasteiger partial charge is 0.153 e. The van der Waals surface area contributed by atoms with Crippen molar-refractivity contribution in [2.45, 2.75) is 33.7 Å². The molecule has 1 aromatic carbocycles. The summed E-state index contributed by atoms with van der Waals surface area (Å²) in [6.45, 7) is 7.20. The molecule has 0 saturated heterocycles. The Balaban J connectivity index is 2.31. The van der Waals surface area contributed by atoms with Crippen molar-refractivity contribution in [3.05, 3.63) is 41.6 Å². The van der Waals surface area contributed by atoms with Gasteiger partial charge in [0.25, 0.3) is 0 Å². The molecule has 0 amide bonds. The number of aldehydes is 1. The molecule has 2 aromatic rings. The van der Waals surface area contributed by atoms with E-state index in [0.717, 1.165) is 30.5 Å². The highest BCUT2D eigenvalue weighted by atomic mass is 16.1. The van der Waals surface area contributed by atoms with Crippen LogP contribution in [0.2, 0.25) is 0 Å². The van der Waals surface area contributed by atoms with Gasteiger partial charge in [-0.2, -0.15) is 5.10 Å². The standard InChI is InChI=1S/C16H20N2O/c1-4-18-10-15(11-19)16(17-18)14-7-5-13(6-8-14)9-12(2)3/h5-8,10-12H,4,9H2,1-3H3. The third-order valence-electron chi connectivity index (χ3n) is 3.11. The molecule has 0 spiro atoms. The molecule has 0 aliphatic carbocycles. The van der Waals surface area contributed by atoms with Gasteiger partial charge in [-0.3, -0.25) is 9.48 Å². The number of aromatic nitrogens is 2. The van der Waals surface area contributed by atoms with Gasteiger partial charge in [-0.05, 0) is 24.8 Å². The number of carbonyl (C=O) groups is 1. The zero-order valence-corrected chi connectivity index (χ0v) is 11.8. The SMILES string of the molecule is CCn1cc(C=O)c(-c2ccc(CC(C)C)cc2)n1. The van der Waals surface area contributed by atoms with Crippen LogP contribution in [0.25, 0.3) is 11.3 Å². The second kappa shape index (κ2) is 5.83. The molecule has 0 fully saturated rings. The van der Waals surface area contributed by atoms with Crippen molar-refractivity contribution in [1.82, 2.24) is 9.78 Å². The highest BCUT2D eigenvalue weighted by Gasteiger charge is 2.10. The summed E-state index contributed by atoms with van der Waals surface area (Å²) < 4.78 is 1.79. The van der Waals surface area contributed by atoms with Gasteiger partial charge in [-0.25, -0.2) is 0 Å². The number of hydrogen-bond acceptors (Lipinski definition) is 2. The zero-order chi connectivity index (χ0) is 13.8. The van der Waals surface area contributed by atoms with Crippen LogP contribution in [0.1, 0.15) is 36.7 Å². The number of nitrogens with zero attached hydrogens (tertiary/aromatic N) is 2. The molecule has 1 heterocycles. The molecular formula is C16H20N2O. The number of hydrogen-bond donors (Lipinski definition) is 0. The van der Waals surface area contributed by atoms with Crippen LogP contribution in [0.4, 0.5) is 0 Å². The molecule has 3 heteroatoms. The van der Waals surface area contributed by atoms with Gasteiger partial charge in [0.2, 0.25) is 0 Å². The fourth-order valence-electron chi connectivity index (χ4n) is 2.18. The molecule has 0 atom stereocenters. The third-order valence-corrected chi connectivity index (χ3v) is 3.11. The van der Waals surface area contributed by atoms with Crippen LogP contribution in [0.15, 0.2) is 30.5 Å². The molecular weight excluding hydrogens is 236 g/mol.